The highest BCUT2D eigenvalue weighted by Crippen LogP contribution is 2.34. The summed E-state index contributed by atoms with van der Waals surface area (Å²) in [6.45, 7) is 2.00. The molecule has 0 bridgehead atoms. The maximum Gasteiger partial charge on any atom is 0.240 e. The summed E-state index contributed by atoms with van der Waals surface area (Å²) in [4.78, 5) is 3.96. The first-order chi connectivity index (χ1) is 8.51. The monoisotopic (exact) mass is 288 g/mol. The van der Waals surface area contributed by atoms with E-state index in [2.05, 4.69) is 9.71 Å². The number of nitrogens with zero attached hydrogens (tertiary/aromatic N) is 1. The van der Waals surface area contributed by atoms with Gasteiger partial charge in [-0.05, 0) is 30.9 Å². The molecule has 1 aromatic rings. The Kier molecular flexibility index (Phi) is 4.25. The summed E-state index contributed by atoms with van der Waals surface area (Å²) in [5.41, 5.74) is 0. The number of pyridine rings is 1. The van der Waals surface area contributed by atoms with Crippen LogP contribution in [0.3, 0.4) is 0 Å². The van der Waals surface area contributed by atoms with Crippen molar-refractivity contribution in [2.45, 2.75) is 43.5 Å². The lowest BCUT2D eigenvalue weighted by Crippen LogP contribution is -2.34. The van der Waals surface area contributed by atoms with Crippen LogP contribution in [-0.4, -0.2) is 19.4 Å². The van der Waals surface area contributed by atoms with Crippen molar-refractivity contribution < 1.29 is 8.42 Å². The predicted molar refractivity (Wildman–Crippen MR) is 71.0 cm³/mol. The van der Waals surface area contributed by atoms with E-state index in [1.54, 1.807) is 0 Å². The van der Waals surface area contributed by atoms with Gasteiger partial charge in [0.2, 0.25) is 10.0 Å². The zero-order valence-electron chi connectivity index (χ0n) is 10.3. The third-order valence-corrected chi connectivity index (χ3v) is 4.86. The Bertz CT molecular complexity index is 515. The second-order valence-electron chi connectivity index (χ2n) is 4.72. The molecule has 18 heavy (non-hydrogen) atoms. The second-order valence-corrected chi connectivity index (χ2v) is 6.82. The molecule has 1 aromatic heterocycles. The summed E-state index contributed by atoms with van der Waals surface area (Å²) in [5.74, 6) is 0.693. The molecular formula is C12H17ClN2O2S. The average Bonchev–Trinajstić information content (AvgIpc) is 3.12. The molecule has 100 valence electrons. The van der Waals surface area contributed by atoms with Crippen molar-refractivity contribution in [1.29, 1.82) is 0 Å². The number of rotatable bonds is 6. The lowest BCUT2D eigenvalue weighted by atomic mass is 10.1. The van der Waals surface area contributed by atoms with Crippen LogP contribution in [0.5, 0.6) is 0 Å². The minimum absolute atomic E-state index is 0.00874. The van der Waals surface area contributed by atoms with E-state index in [-0.39, 0.29) is 16.1 Å². The van der Waals surface area contributed by atoms with Gasteiger partial charge in [0.05, 0.1) is 4.90 Å². The first-order valence-electron chi connectivity index (χ1n) is 6.15. The molecule has 4 nitrogen and oxygen atoms in total. The van der Waals surface area contributed by atoms with Crippen LogP contribution in [0.1, 0.15) is 32.6 Å². The van der Waals surface area contributed by atoms with Gasteiger partial charge in [0.1, 0.15) is 5.15 Å². The van der Waals surface area contributed by atoms with Crippen LogP contribution in [0.2, 0.25) is 5.15 Å². The van der Waals surface area contributed by atoms with Crippen LogP contribution in [0.4, 0.5) is 0 Å². The third-order valence-electron chi connectivity index (χ3n) is 3.14. The molecule has 0 radical (unpaired) electrons. The van der Waals surface area contributed by atoms with E-state index in [9.17, 15) is 8.42 Å². The molecule has 0 amide bonds. The Morgan fingerprint density at radius 3 is 2.83 bits per heavy atom. The topological polar surface area (TPSA) is 59.1 Å². The molecule has 1 atom stereocenters. The van der Waals surface area contributed by atoms with Crippen LogP contribution in [0, 0.1) is 5.92 Å². The molecule has 1 saturated carbocycles. The number of aromatic nitrogens is 1. The molecule has 6 heteroatoms. The summed E-state index contributed by atoms with van der Waals surface area (Å²) in [5, 5.41) is 0.188. The second kappa shape index (κ2) is 5.55. The lowest BCUT2D eigenvalue weighted by molar-refractivity contribution is 0.495. The largest absolute Gasteiger partial charge is 0.244 e. The van der Waals surface area contributed by atoms with Crippen LogP contribution < -0.4 is 4.72 Å². The summed E-state index contributed by atoms with van der Waals surface area (Å²) in [6.07, 6.45) is 5.57. The van der Waals surface area contributed by atoms with Crippen molar-refractivity contribution in [2.24, 2.45) is 5.92 Å². The molecule has 1 heterocycles. The van der Waals surface area contributed by atoms with E-state index in [1.807, 2.05) is 6.92 Å². The Labute approximate surface area is 113 Å². The quantitative estimate of drug-likeness (QED) is 0.819. The Morgan fingerprint density at radius 1 is 1.56 bits per heavy atom. The van der Waals surface area contributed by atoms with Gasteiger partial charge in [0, 0.05) is 12.2 Å². The van der Waals surface area contributed by atoms with Crippen molar-refractivity contribution in [3.63, 3.8) is 0 Å². The highest BCUT2D eigenvalue weighted by Gasteiger charge is 2.27. The summed E-state index contributed by atoms with van der Waals surface area (Å²) >= 11 is 5.71. The van der Waals surface area contributed by atoms with Gasteiger partial charge in [0.25, 0.3) is 0 Å². The first kappa shape index (κ1) is 13.8. The molecule has 0 saturated heterocycles. The molecule has 0 aromatic carbocycles. The third kappa shape index (κ3) is 3.67. The van der Waals surface area contributed by atoms with Gasteiger partial charge >= 0.3 is 0 Å². The van der Waals surface area contributed by atoms with E-state index >= 15 is 0 Å². The van der Waals surface area contributed by atoms with Gasteiger partial charge in [-0.25, -0.2) is 18.1 Å². The van der Waals surface area contributed by atoms with E-state index < -0.39 is 10.0 Å². The van der Waals surface area contributed by atoms with E-state index in [1.165, 1.54) is 31.2 Å². The van der Waals surface area contributed by atoms with Crippen molar-refractivity contribution >= 4 is 21.6 Å². The number of sulfonamides is 1. The molecular weight excluding hydrogens is 272 g/mol. The molecule has 2 rings (SSSR count). The van der Waals surface area contributed by atoms with Gasteiger partial charge in [-0.1, -0.05) is 31.4 Å². The zero-order valence-corrected chi connectivity index (χ0v) is 11.8. The summed E-state index contributed by atoms with van der Waals surface area (Å²) < 4.78 is 27.1. The van der Waals surface area contributed by atoms with Gasteiger partial charge in [-0.15, -0.1) is 0 Å². The predicted octanol–water partition coefficient (Wildman–Crippen LogP) is 2.59. The van der Waals surface area contributed by atoms with Crippen LogP contribution >= 0.6 is 11.6 Å². The molecule has 0 aliphatic heterocycles. The highest BCUT2D eigenvalue weighted by atomic mass is 35.5. The van der Waals surface area contributed by atoms with E-state index in [4.69, 9.17) is 11.6 Å². The smallest absolute Gasteiger partial charge is 0.240 e. The summed E-state index contributed by atoms with van der Waals surface area (Å²) in [7, 11) is -3.49. The van der Waals surface area contributed by atoms with Crippen molar-refractivity contribution in [1.82, 2.24) is 9.71 Å². The van der Waals surface area contributed by atoms with Crippen molar-refractivity contribution in [3.05, 3.63) is 23.5 Å². The molecule has 0 spiro atoms. The van der Waals surface area contributed by atoms with Crippen LogP contribution in [-0.2, 0) is 10.0 Å². The van der Waals surface area contributed by atoms with Crippen molar-refractivity contribution in [2.75, 3.05) is 0 Å². The minimum Gasteiger partial charge on any atom is -0.244 e. The fraction of sp³-hybridized carbons (Fsp3) is 0.583. The van der Waals surface area contributed by atoms with E-state index in [0.29, 0.717) is 5.92 Å². The number of halogens is 1. The van der Waals surface area contributed by atoms with Crippen LogP contribution in [0.15, 0.2) is 23.2 Å². The number of nitrogens with one attached hydrogen (secondary N) is 1. The summed E-state index contributed by atoms with van der Waals surface area (Å²) in [6, 6.07) is 2.83. The van der Waals surface area contributed by atoms with Gasteiger partial charge in [0.15, 0.2) is 0 Å². The van der Waals surface area contributed by atoms with Crippen molar-refractivity contribution in [3.8, 4) is 0 Å². The van der Waals surface area contributed by atoms with Crippen LogP contribution in [0.25, 0.3) is 0 Å². The standard InChI is InChI=1S/C12H17ClN2O2S/c1-2-10(7-9-3-4-9)15-18(16,17)11-5-6-14-12(13)8-11/h5-6,8-10,15H,2-4,7H2,1H3. The Balaban J connectivity index is 2.09. The van der Waals surface area contributed by atoms with Gasteiger partial charge in [-0.3, -0.25) is 0 Å². The zero-order chi connectivity index (χ0) is 13.2. The SMILES string of the molecule is CCC(CC1CC1)NS(=O)(=O)c1ccnc(Cl)c1. The fourth-order valence-electron chi connectivity index (χ4n) is 1.89. The normalized spacial score (nSPS) is 17.7. The first-order valence-corrected chi connectivity index (χ1v) is 8.01. The molecule has 1 aliphatic rings. The maximum atomic E-state index is 12.2. The number of hydrogen-bond donors (Lipinski definition) is 1. The number of hydrogen-bond acceptors (Lipinski definition) is 3. The maximum absolute atomic E-state index is 12.2. The minimum atomic E-state index is -3.49. The molecule has 1 unspecified atom stereocenters. The highest BCUT2D eigenvalue weighted by molar-refractivity contribution is 7.89. The molecule has 1 N–H and O–H groups in total. The fourth-order valence-corrected chi connectivity index (χ4v) is 3.48. The molecule has 1 aliphatic carbocycles. The Hall–Kier alpha value is -0.650. The van der Waals surface area contributed by atoms with E-state index in [0.717, 1.165) is 12.8 Å². The Morgan fingerprint density at radius 2 is 2.28 bits per heavy atom. The lowest BCUT2D eigenvalue weighted by Gasteiger charge is -2.16. The van der Waals surface area contributed by atoms with Gasteiger partial charge in [-0.2, -0.15) is 0 Å². The van der Waals surface area contributed by atoms with Gasteiger partial charge < -0.3 is 0 Å². The molecule has 1 fully saturated rings. The average molecular weight is 289 g/mol.